The Balaban J connectivity index is 1.09. The Hall–Kier alpha value is -6.94. The fourth-order valence-corrected chi connectivity index (χ4v) is 9.35. The van der Waals surface area contributed by atoms with Crippen LogP contribution in [0.25, 0.3) is 86.3 Å². The summed E-state index contributed by atoms with van der Waals surface area (Å²) in [4.78, 5) is 2.36. The van der Waals surface area contributed by atoms with Gasteiger partial charge in [0.2, 0.25) is 0 Å². The molecule has 0 atom stereocenters. The summed E-state index contributed by atoms with van der Waals surface area (Å²) in [5, 5.41) is 7.08. The van der Waals surface area contributed by atoms with Gasteiger partial charge in [0.15, 0.2) is 5.58 Å². The van der Waals surface area contributed by atoms with Crippen molar-refractivity contribution in [3.8, 4) is 33.4 Å². The minimum atomic E-state index is 0.866. The predicted molar refractivity (Wildman–Crippen MR) is 235 cm³/mol. The highest BCUT2D eigenvalue weighted by atomic mass is 32.1. The van der Waals surface area contributed by atoms with Gasteiger partial charge in [-0.15, -0.1) is 11.3 Å². The SMILES string of the molecule is c1ccc(-c2ccc(-c3ccc(N(c4ccc5c(c4)sc4ccccc45)c4cccc5c4oc4c6ccccc6c(-c6ccccc6)cc54)cc3)cc2)cc1. The van der Waals surface area contributed by atoms with Crippen LogP contribution in [0.2, 0.25) is 0 Å². The van der Waals surface area contributed by atoms with Crippen molar-refractivity contribution in [3.05, 3.63) is 200 Å². The molecule has 0 aliphatic carbocycles. The summed E-state index contributed by atoms with van der Waals surface area (Å²) in [5.74, 6) is 0. The number of fused-ring (bicyclic) bond motifs is 8. The lowest BCUT2D eigenvalue weighted by Crippen LogP contribution is -2.10. The standard InChI is InChI=1S/C52H33NOS/c1-3-12-34(13-4-1)35-22-24-36(25-23-35)37-26-28-39(29-27-37)53(40-30-31-43-42-17-9-10-21-49(42)55-50(43)32-40)48-20-11-19-45-47-33-46(38-14-5-2-6-15-38)41-16-7-8-18-44(41)51(47)54-52(45)48/h1-33H. The third-order valence-corrected chi connectivity index (χ3v) is 12.0. The van der Waals surface area contributed by atoms with Crippen molar-refractivity contribution >= 4 is 81.3 Å². The molecule has 0 unspecified atom stereocenters. The van der Waals surface area contributed by atoms with Gasteiger partial charge in [0.05, 0.1) is 5.69 Å². The third-order valence-electron chi connectivity index (χ3n) is 10.9. The van der Waals surface area contributed by atoms with Crippen molar-refractivity contribution in [2.75, 3.05) is 4.90 Å². The highest BCUT2D eigenvalue weighted by Gasteiger charge is 2.22. The van der Waals surface area contributed by atoms with E-state index >= 15 is 0 Å². The van der Waals surface area contributed by atoms with E-state index in [0.29, 0.717) is 0 Å². The second kappa shape index (κ2) is 12.9. The number of rotatable bonds is 6. The highest BCUT2D eigenvalue weighted by molar-refractivity contribution is 7.25. The van der Waals surface area contributed by atoms with Crippen LogP contribution < -0.4 is 4.90 Å². The quantitative estimate of drug-likeness (QED) is 0.170. The molecule has 0 amide bonds. The van der Waals surface area contributed by atoms with E-state index in [2.05, 4.69) is 205 Å². The van der Waals surface area contributed by atoms with Gasteiger partial charge in [-0.1, -0.05) is 158 Å². The molecule has 11 rings (SSSR count). The second-order valence-corrected chi connectivity index (χ2v) is 15.2. The number of nitrogens with zero attached hydrogens (tertiary/aromatic N) is 1. The van der Waals surface area contributed by atoms with E-state index in [0.717, 1.165) is 44.4 Å². The van der Waals surface area contributed by atoms with Crippen molar-refractivity contribution in [3.63, 3.8) is 0 Å². The average molecular weight is 720 g/mol. The molecule has 0 radical (unpaired) electrons. The zero-order valence-corrected chi connectivity index (χ0v) is 30.6. The Kier molecular flexibility index (Phi) is 7.39. The predicted octanol–water partition coefficient (Wildman–Crippen LogP) is 15.6. The zero-order valence-electron chi connectivity index (χ0n) is 29.8. The lowest BCUT2D eigenvalue weighted by atomic mass is 9.95. The van der Waals surface area contributed by atoms with E-state index in [1.807, 2.05) is 11.3 Å². The molecule has 258 valence electrons. The van der Waals surface area contributed by atoms with Gasteiger partial charge in [0.1, 0.15) is 5.58 Å². The molecule has 9 aromatic carbocycles. The first-order chi connectivity index (χ1) is 27.3. The van der Waals surface area contributed by atoms with Crippen molar-refractivity contribution in [1.29, 1.82) is 0 Å². The van der Waals surface area contributed by atoms with Gasteiger partial charge in [-0.3, -0.25) is 0 Å². The van der Waals surface area contributed by atoms with Gasteiger partial charge in [0.25, 0.3) is 0 Å². The van der Waals surface area contributed by atoms with Crippen molar-refractivity contribution in [1.82, 2.24) is 0 Å². The van der Waals surface area contributed by atoms with Crippen LogP contribution in [0.15, 0.2) is 205 Å². The molecule has 0 spiro atoms. The van der Waals surface area contributed by atoms with E-state index in [4.69, 9.17) is 4.42 Å². The number of benzene rings is 9. The fraction of sp³-hybridized carbons (Fsp3) is 0. The minimum Gasteiger partial charge on any atom is -0.453 e. The maximum Gasteiger partial charge on any atom is 0.159 e. The molecule has 0 aliphatic rings. The largest absolute Gasteiger partial charge is 0.453 e. The lowest BCUT2D eigenvalue weighted by molar-refractivity contribution is 0.673. The molecule has 0 fully saturated rings. The fourth-order valence-electron chi connectivity index (χ4n) is 8.21. The van der Waals surface area contributed by atoms with Gasteiger partial charge in [-0.2, -0.15) is 0 Å². The molecule has 0 aliphatic heterocycles. The molecule has 11 aromatic rings. The molecule has 2 aromatic heterocycles. The van der Waals surface area contributed by atoms with Crippen LogP contribution in [0, 0.1) is 0 Å². The molecular weight excluding hydrogens is 687 g/mol. The van der Waals surface area contributed by atoms with Gasteiger partial charge in [-0.25, -0.2) is 0 Å². The van der Waals surface area contributed by atoms with Gasteiger partial charge < -0.3 is 9.32 Å². The zero-order chi connectivity index (χ0) is 36.3. The van der Waals surface area contributed by atoms with Crippen LogP contribution in [0.1, 0.15) is 0 Å². The van der Waals surface area contributed by atoms with E-state index in [1.54, 1.807) is 0 Å². The number of para-hydroxylation sites is 1. The summed E-state index contributed by atoms with van der Waals surface area (Å²) in [5.41, 5.74) is 12.1. The summed E-state index contributed by atoms with van der Waals surface area (Å²) in [7, 11) is 0. The van der Waals surface area contributed by atoms with Crippen LogP contribution in [-0.2, 0) is 0 Å². The second-order valence-electron chi connectivity index (χ2n) is 14.1. The molecule has 0 N–H and O–H groups in total. The van der Waals surface area contributed by atoms with Gasteiger partial charge in [-0.05, 0) is 81.2 Å². The van der Waals surface area contributed by atoms with Gasteiger partial charge in [0, 0.05) is 47.7 Å². The average Bonchev–Trinajstić information content (AvgIpc) is 3.83. The monoisotopic (exact) mass is 719 g/mol. The Morgan fingerprint density at radius 2 is 0.855 bits per heavy atom. The first-order valence-electron chi connectivity index (χ1n) is 18.7. The number of anilines is 3. The summed E-state index contributed by atoms with van der Waals surface area (Å²) in [6.45, 7) is 0. The van der Waals surface area contributed by atoms with Crippen LogP contribution in [0.4, 0.5) is 17.1 Å². The first kappa shape index (κ1) is 31.6. The molecule has 2 nitrogen and oxygen atoms in total. The van der Waals surface area contributed by atoms with Crippen LogP contribution >= 0.6 is 11.3 Å². The van der Waals surface area contributed by atoms with Gasteiger partial charge >= 0.3 is 0 Å². The number of furan rings is 1. The summed E-state index contributed by atoms with van der Waals surface area (Å²) in [6.07, 6.45) is 0. The van der Waals surface area contributed by atoms with E-state index < -0.39 is 0 Å². The molecule has 0 bridgehead atoms. The van der Waals surface area contributed by atoms with E-state index in [9.17, 15) is 0 Å². The first-order valence-corrected chi connectivity index (χ1v) is 19.5. The van der Waals surface area contributed by atoms with Crippen molar-refractivity contribution in [2.24, 2.45) is 0 Å². The van der Waals surface area contributed by atoms with Crippen molar-refractivity contribution < 1.29 is 4.42 Å². The Bertz CT molecular complexity index is 3180. The van der Waals surface area contributed by atoms with E-state index in [-0.39, 0.29) is 0 Å². The molecular formula is C52H33NOS. The maximum atomic E-state index is 7.05. The summed E-state index contributed by atoms with van der Waals surface area (Å²) < 4.78 is 9.60. The van der Waals surface area contributed by atoms with Crippen LogP contribution in [-0.4, -0.2) is 0 Å². The summed E-state index contributed by atoms with van der Waals surface area (Å²) in [6, 6.07) is 72.0. The molecule has 2 heterocycles. The maximum absolute atomic E-state index is 7.05. The topological polar surface area (TPSA) is 16.4 Å². The summed E-state index contributed by atoms with van der Waals surface area (Å²) >= 11 is 1.84. The van der Waals surface area contributed by atoms with E-state index in [1.165, 1.54) is 58.9 Å². The Labute approximate surface area is 322 Å². The number of hydrogen-bond acceptors (Lipinski definition) is 3. The smallest absolute Gasteiger partial charge is 0.159 e. The highest BCUT2D eigenvalue weighted by Crippen LogP contribution is 2.47. The Morgan fingerprint density at radius 1 is 0.327 bits per heavy atom. The van der Waals surface area contributed by atoms with Crippen LogP contribution in [0.5, 0.6) is 0 Å². The normalized spacial score (nSPS) is 11.6. The molecule has 3 heteroatoms. The minimum absolute atomic E-state index is 0.866. The molecule has 55 heavy (non-hydrogen) atoms. The third kappa shape index (κ3) is 5.32. The Morgan fingerprint density at radius 3 is 1.58 bits per heavy atom. The number of hydrogen-bond donors (Lipinski definition) is 0. The molecule has 0 saturated carbocycles. The molecule has 0 saturated heterocycles. The van der Waals surface area contributed by atoms with Crippen molar-refractivity contribution in [2.45, 2.75) is 0 Å². The van der Waals surface area contributed by atoms with Crippen LogP contribution in [0.3, 0.4) is 0 Å². The number of thiophene rings is 1. The lowest BCUT2D eigenvalue weighted by Gasteiger charge is -2.26.